The van der Waals surface area contributed by atoms with E-state index in [4.69, 9.17) is 10.4 Å². The van der Waals surface area contributed by atoms with Gasteiger partial charge in [-0.1, -0.05) is 6.07 Å². The molecule has 4 nitrogen and oxygen atoms in total. The second-order valence-electron chi connectivity index (χ2n) is 4.14. The lowest BCUT2D eigenvalue weighted by Crippen LogP contribution is -2.33. The molecule has 0 bridgehead atoms. The van der Waals surface area contributed by atoms with Gasteiger partial charge >= 0.3 is 5.97 Å². The van der Waals surface area contributed by atoms with E-state index in [0.29, 0.717) is 6.54 Å². The minimum Gasteiger partial charge on any atom is -0.478 e. The van der Waals surface area contributed by atoms with E-state index in [9.17, 15) is 9.18 Å². The van der Waals surface area contributed by atoms with E-state index < -0.39 is 11.8 Å². The molecule has 0 saturated heterocycles. The Morgan fingerprint density at radius 2 is 2.22 bits per heavy atom. The van der Waals surface area contributed by atoms with Crippen LogP contribution in [0.15, 0.2) is 18.2 Å². The SMILES string of the molecule is CC(C)N(CCC#N)c1c(F)cccc1C(=O)O. The van der Waals surface area contributed by atoms with E-state index in [-0.39, 0.29) is 23.7 Å². The number of aromatic carboxylic acids is 1. The number of carboxylic acids is 1. The molecule has 0 aliphatic heterocycles. The van der Waals surface area contributed by atoms with Gasteiger partial charge in [-0.05, 0) is 26.0 Å². The Bertz CT molecular complexity index is 480. The van der Waals surface area contributed by atoms with Crippen LogP contribution in [0.1, 0.15) is 30.6 Å². The van der Waals surface area contributed by atoms with Crippen LogP contribution in [0.5, 0.6) is 0 Å². The van der Waals surface area contributed by atoms with Crippen molar-refractivity contribution in [2.75, 3.05) is 11.4 Å². The molecule has 0 heterocycles. The average Bonchev–Trinajstić information content (AvgIpc) is 2.30. The number of nitriles is 1. The van der Waals surface area contributed by atoms with Crippen LogP contribution in [0, 0.1) is 17.1 Å². The first kappa shape index (κ1) is 14.0. The summed E-state index contributed by atoms with van der Waals surface area (Å²) in [6, 6.07) is 5.85. The Kier molecular flexibility index (Phi) is 4.67. The van der Waals surface area contributed by atoms with Gasteiger partial charge in [0.1, 0.15) is 5.82 Å². The van der Waals surface area contributed by atoms with Crippen molar-refractivity contribution >= 4 is 11.7 Å². The minimum absolute atomic E-state index is 0.0512. The monoisotopic (exact) mass is 250 g/mol. The van der Waals surface area contributed by atoms with Gasteiger partial charge in [0.2, 0.25) is 0 Å². The second-order valence-corrected chi connectivity index (χ2v) is 4.14. The summed E-state index contributed by atoms with van der Waals surface area (Å²) in [5, 5.41) is 17.7. The molecule has 18 heavy (non-hydrogen) atoms. The maximum Gasteiger partial charge on any atom is 0.337 e. The normalized spacial score (nSPS) is 10.2. The van der Waals surface area contributed by atoms with Crippen molar-refractivity contribution in [2.24, 2.45) is 0 Å². The standard InChI is InChI=1S/C13H15FN2O2/c1-9(2)16(8-4-7-15)12-10(13(17)18)5-3-6-11(12)14/h3,5-6,9H,4,8H2,1-2H3,(H,17,18). The molecule has 0 spiro atoms. The van der Waals surface area contributed by atoms with Crippen LogP contribution in [-0.4, -0.2) is 23.7 Å². The molecule has 0 aliphatic rings. The summed E-state index contributed by atoms with van der Waals surface area (Å²) in [5.41, 5.74) is -0.0307. The molecular formula is C13H15FN2O2. The summed E-state index contributed by atoms with van der Waals surface area (Å²) in [6.45, 7) is 3.96. The van der Waals surface area contributed by atoms with Crippen molar-refractivity contribution in [3.05, 3.63) is 29.6 Å². The van der Waals surface area contributed by atoms with E-state index in [0.717, 1.165) is 0 Å². The highest BCUT2D eigenvalue weighted by molar-refractivity contribution is 5.94. The number of hydrogen-bond acceptors (Lipinski definition) is 3. The van der Waals surface area contributed by atoms with Crippen molar-refractivity contribution in [3.8, 4) is 6.07 Å². The number of carbonyl (C=O) groups is 1. The molecular weight excluding hydrogens is 235 g/mol. The summed E-state index contributed by atoms with van der Waals surface area (Å²) in [5.74, 6) is -1.76. The van der Waals surface area contributed by atoms with Crippen molar-refractivity contribution < 1.29 is 14.3 Å². The Balaban J connectivity index is 3.26. The summed E-state index contributed by atoms with van der Waals surface area (Å²) < 4.78 is 13.9. The van der Waals surface area contributed by atoms with Crippen molar-refractivity contribution in [1.82, 2.24) is 0 Å². The largest absolute Gasteiger partial charge is 0.478 e. The lowest BCUT2D eigenvalue weighted by atomic mass is 10.1. The number of hydrogen-bond donors (Lipinski definition) is 1. The van der Waals surface area contributed by atoms with Crippen molar-refractivity contribution in [1.29, 1.82) is 5.26 Å². The van der Waals surface area contributed by atoms with Crippen LogP contribution in [-0.2, 0) is 0 Å². The van der Waals surface area contributed by atoms with Gasteiger partial charge in [0.05, 0.1) is 23.7 Å². The number of anilines is 1. The van der Waals surface area contributed by atoms with E-state index in [1.807, 2.05) is 19.9 Å². The van der Waals surface area contributed by atoms with Crippen LogP contribution in [0.2, 0.25) is 0 Å². The molecule has 0 radical (unpaired) electrons. The lowest BCUT2D eigenvalue weighted by molar-refractivity contribution is 0.0697. The second kappa shape index (κ2) is 6.01. The van der Waals surface area contributed by atoms with E-state index in [1.165, 1.54) is 18.2 Å². The number of rotatable bonds is 5. The quantitative estimate of drug-likeness (QED) is 0.872. The minimum atomic E-state index is -1.17. The first-order valence-corrected chi connectivity index (χ1v) is 5.64. The molecule has 0 aromatic heterocycles. The predicted octanol–water partition coefficient (Wildman–Crippen LogP) is 2.65. The number of halogens is 1. The predicted molar refractivity (Wildman–Crippen MR) is 66.1 cm³/mol. The van der Waals surface area contributed by atoms with Crippen molar-refractivity contribution in [2.45, 2.75) is 26.3 Å². The Hall–Kier alpha value is -2.09. The fourth-order valence-corrected chi connectivity index (χ4v) is 1.78. The average molecular weight is 250 g/mol. The summed E-state index contributed by atoms with van der Waals surface area (Å²) >= 11 is 0. The molecule has 5 heteroatoms. The molecule has 0 aliphatic carbocycles. The van der Waals surface area contributed by atoms with Crippen LogP contribution in [0.4, 0.5) is 10.1 Å². The zero-order chi connectivity index (χ0) is 13.7. The topological polar surface area (TPSA) is 64.3 Å². The first-order chi connectivity index (χ1) is 8.49. The van der Waals surface area contributed by atoms with E-state index in [2.05, 4.69) is 0 Å². The molecule has 0 amide bonds. The van der Waals surface area contributed by atoms with Gasteiger partial charge in [-0.3, -0.25) is 0 Å². The highest BCUT2D eigenvalue weighted by atomic mass is 19.1. The zero-order valence-electron chi connectivity index (χ0n) is 10.4. The van der Waals surface area contributed by atoms with Gasteiger partial charge in [0, 0.05) is 12.6 Å². The molecule has 1 aromatic carbocycles. The molecule has 0 unspecified atom stereocenters. The highest BCUT2D eigenvalue weighted by Crippen LogP contribution is 2.26. The highest BCUT2D eigenvalue weighted by Gasteiger charge is 2.21. The molecule has 1 aromatic rings. The van der Waals surface area contributed by atoms with Crippen LogP contribution in [0.3, 0.4) is 0 Å². The third-order valence-corrected chi connectivity index (χ3v) is 2.59. The Morgan fingerprint density at radius 3 is 2.72 bits per heavy atom. The fourth-order valence-electron chi connectivity index (χ4n) is 1.78. The molecule has 1 N–H and O–H groups in total. The Labute approximate surface area is 105 Å². The van der Waals surface area contributed by atoms with Gasteiger partial charge in [-0.2, -0.15) is 5.26 Å². The van der Waals surface area contributed by atoms with Gasteiger partial charge in [0.15, 0.2) is 0 Å². The molecule has 1 rings (SSSR count). The van der Waals surface area contributed by atoms with Gasteiger partial charge in [-0.25, -0.2) is 9.18 Å². The Morgan fingerprint density at radius 1 is 1.56 bits per heavy atom. The number of benzene rings is 1. The van der Waals surface area contributed by atoms with E-state index >= 15 is 0 Å². The maximum atomic E-state index is 13.9. The summed E-state index contributed by atoms with van der Waals surface area (Å²) in [6.07, 6.45) is 0.214. The number of carboxylic acid groups (broad SMARTS) is 1. The van der Waals surface area contributed by atoms with Gasteiger partial charge in [-0.15, -0.1) is 0 Å². The third kappa shape index (κ3) is 2.98. The summed E-state index contributed by atoms with van der Waals surface area (Å²) in [4.78, 5) is 12.7. The number of para-hydroxylation sites is 1. The molecule has 0 fully saturated rings. The smallest absolute Gasteiger partial charge is 0.337 e. The van der Waals surface area contributed by atoms with Gasteiger partial charge in [0.25, 0.3) is 0 Å². The van der Waals surface area contributed by atoms with Crippen LogP contribution < -0.4 is 4.90 Å². The zero-order valence-corrected chi connectivity index (χ0v) is 10.4. The maximum absolute atomic E-state index is 13.9. The first-order valence-electron chi connectivity index (χ1n) is 5.64. The van der Waals surface area contributed by atoms with Crippen LogP contribution >= 0.6 is 0 Å². The molecule has 0 saturated carbocycles. The fraction of sp³-hybridized carbons (Fsp3) is 0.385. The van der Waals surface area contributed by atoms with Crippen molar-refractivity contribution in [3.63, 3.8) is 0 Å². The lowest BCUT2D eigenvalue weighted by Gasteiger charge is -2.29. The summed E-state index contributed by atoms with van der Waals surface area (Å²) in [7, 11) is 0. The van der Waals surface area contributed by atoms with Crippen LogP contribution in [0.25, 0.3) is 0 Å². The van der Waals surface area contributed by atoms with Gasteiger partial charge < -0.3 is 10.0 Å². The number of nitrogens with zero attached hydrogens (tertiary/aromatic N) is 2. The molecule has 0 atom stereocenters. The third-order valence-electron chi connectivity index (χ3n) is 2.59. The molecule has 96 valence electrons. The van der Waals surface area contributed by atoms with E-state index in [1.54, 1.807) is 4.90 Å².